The molecule has 6 heteroatoms. The molecule has 1 amide bonds. The van der Waals surface area contributed by atoms with Crippen LogP contribution < -0.4 is 4.74 Å². The molecule has 0 atom stereocenters. The number of hydrogen-bond acceptors (Lipinski definition) is 3. The van der Waals surface area contributed by atoms with Crippen LogP contribution in [0.15, 0.2) is 48.5 Å². The van der Waals surface area contributed by atoms with E-state index in [4.69, 9.17) is 4.74 Å². The van der Waals surface area contributed by atoms with Gasteiger partial charge in [0, 0.05) is 32.7 Å². The van der Waals surface area contributed by atoms with Crippen molar-refractivity contribution < 1.29 is 18.3 Å². The number of carbonyl (C=O) groups is 1. The van der Waals surface area contributed by atoms with Crippen LogP contribution >= 0.6 is 0 Å². The zero-order valence-corrected chi connectivity index (χ0v) is 13.8. The summed E-state index contributed by atoms with van der Waals surface area (Å²) in [6.07, 6.45) is 0. The van der Waals surface area contributed by atoms with E-state index in [1.165, 1.54) is 36.4 Å². The first-order valence-electron chi connectivity index (χ1n) is 8.23. The Hall–Kier alpha value is -2.47. The normalized spacial score (nSPS) is 15.2. The maximum absolute atomic E-state index is 13.2. The fourth-order valence-corrected chi connectivity index (χ4v) is 2.82. The number of rotatable bonds is 5. The summed E-state index contributed by atoms with van der Waals surface area (Å²) in [7, 11) is 0. The molecule has 0 aromatic heterocycles. The maximum Gasteiger partial charge on any atom is 0.260 e. The van der Waals surface area contributed by atoms with Crippen molar-refractivity contribution in [3.63, 3.8) is 0 Å². The highest BCUT2D eigenvalue weighted by molar-refractivity contribution is 5.77. The van der Waals surface area contributed by atoms with E-state index in [1.54, 1.807) is 11.0 Å². The van der Waals surface area contributed by atoms with Crippen LogP contribution in [0.4, 0.5) is 8.78 Å². The van der Waals surface area contributed by atoms with Crippen LogP contribution in [0, 0.1) is 11.6 Å². The summed E-state index contributed by atoms with van der Waals surface area (Å²) in [6, 6.07) is 12.2. The van der Waals surface area contributed by atoms with Gasteiger partial charge in [0.15, 0.2) is 6.61 Å². The molecule has 2 aromatic rings. The second-order valence-corrected chi connectivity index (χ2v) is 6.03. The molecule has 0 bridgehead atoms. The van der Waals surface area contributed by atoms with E-state index >= 15 is 0 Å². The monoisotopic (exact) mass is 346 g/mol. The summed E-state index contributed by atoms with van der Waals surface area (Å²) >= 11 is 0. The van der Waals surface area contributed by atoms with Crippen LogP contribution in [0.1, 0.15) is 5.56 Å². The van der Waals surface area contributed by atoms with E-state index in [0.29, 0.717) is 25.4 Å². The van der Waals surface area contributed by atoms with Gasteiger partial charge in [-0.05, 0) is 42.0 Å². The van der Waals surface area contributed by atoms with E-state index in [0.717, 1.165) is 18.7 Å². The van der Waals surface area contributed by atoms with Crippen molar-refractivity contribution in [2.24, 2.45) is 0 Å². The molecule has 1 heterocycles. The van der Waals surface area contributed by atoms with Crippen molar-refractivity contribution in [3.8, 4) is 5.75 Å². The van der Waals surface area contributed by atoms with E-state index in [2.05, 4.69) is 4.90 Å². The summed E-state index contributed by atoms with van der Waals surface area (Å²) in [5, 5.41) is 0. The van der Waals surface area contributed by atoms with Gasteiger partial charge in [-0.1, -0.05) is 12.1 Å². The van der Waals surface area contributed by atoms with Gasteiger partial charge in [-0.25, -0.2) is 8.78 Å². The Morgan fingerprint density at radius 3 is 2.36 bits per heavy atom. The van der Waals surface area contributed by atoms with Gasteiger partial charge in [0.2, 0.25) is 0 Å². The lowest BCUT2D eigenvalue weighted by Gasteiger charge is -2.34. The van der Waals surface area contributed by atoms with Crippen LogP contribution in [0.25, 0.3) is 0 Å². The minimum atomic E-state index is -0.340. The Morgan fingerprint density at radius 2 is 1.68 bits per heavy atom. The summed E-state index contributed by atoms with van der Waals surface area (Å²) in [5.41, 5.74) is 0.930. The number of piperazine rings is 1. The van der Waals surface area contributed by atoms with E-state index in [9.17, 15) is 13.6 Å². The Kier molecular flexibility index (Phi) is 5.60. The second-order valence-electron chi connectivity index (χ2n) is 6.03. The van der Waals surface area contributed by atoms with E-state index < -0.39 is 0 Å². The van der Waals surface area contributed by atoms with Crippen molar-refractivity contribution in [1.82, 2.24) is 9.80 Å². The minimum Gasteiger partial charge on any atom is -0.484 e. The lowest BCUT2D eigenvalue weighted by Crippen LogP contribution is -2.49. The maximum atomic E-state index is 13.2. The molecule has 0 spiro atoms. The molecule has 1 saturated heterocycles. The summed E-state index contributed by atoms with van der Waals surface area (Å²) in [4.78, 5) is 16.2. The van der Waals surface area contributed by atoms with Crippen molar-refractivity contribution in [2.45, 2.75) is 6.54 Å². The minimum absolute atomic E-state index is 0.0600. The van der Waals surface area contributed by atoms with Crippen LogP contribution in [-0.4, -0.2) is 48.5 Å². The quantitative estimate of drug-likeness (QED) is 0.835. The smallest absolute Gasteiger partial charge is 0.260 e. The van der Waals surface area contributed by atoms with Gasteiger partial charge in [0.05, 0.1) is 0 Å². The number of ether oxygens (including phenoxy) is 1. The molecule has 132 valence electrons. The third-order valence-electron chi connectivity index (χ3n) is 4.20. The summed E-state index contributed by atoms with van der Waals surface area (Å²) < 4.78 is 31.5. The van der Waals surface area contributed by atoms with Crippen LogP contribution in [0.3, 0.4) is 0 Å². The van der Waals surface area contributed by atoms with E-state index in [1.807, 2.05) is 6.07 Å². The number of benzene rings is 2. The number of amides is 1. The predicted octanol–water partition coefficient (Wildman–Crippen LogP) is 2.69. The number of halogens is 2. The fourth-order valence-electron chi connectivity index (χ4n) is 2.82. The highest BCUT2D eigenvalue weighted by atomic mass is 19.1. The molecule has 0 N–H and O–H groups in total. The molecule has 1 aliphatic rings. The summed E-state index contributed by atoms with van der Waals surface area (Å²) in [5.74, 6) is -0.188. The molecule has 0 saturated carbocycles. The molecule has 3 rings (SSSR count). The molecule has 25 heavy (non-hydrogen) atoms. The Bertz CT molecular complexity index is 714. The van der Waals surface area contributed by atoms with Crippen LogP contribution in [0.5, 0.6) is 5.75 Å². The van der Waals surface area contributed by atoms with Crippen molar-refractivity contribution in [3.05, 3.63) is 65.7 Å². The zero-order chi connectivity index (χ0) is 17.6. The van der Waals surface area contributed by atoms with Crippen LogP contribution in [-0.2, 0) is 11.3 Å². The molecule has 2 aromatic carbocycles. The van der Waals surface area contributed by atoms with Gasteiger partial charge in [-0.3, -0.25) is 9.69 Å². The van der Waals surface area contributed by atoms with Gasteiger partial charge in [0.25, 0.3) is 5.91 Å². The number of hydrogen-bond donors (Lipinski definition) is 0. The second kappa shape index (κ2) is 8.07. The average Bonchev–Trinajstić information content (AvgIpc) is 2.62. The molecule has 0 radical (unpaired) electrons. The topological polar surface area (TPSA) is 32.8 Å². The first kappa shape index (κ1) is 17.4. The Balaban J connectivity index is 1.43. The van der Waals surface area contributed by atoms with Crippen molar-refractivity contribution in [2.75, 3.05) is 32.8 Å². The Morgan fingerprint density at radius 1 is 0.960 bits per heavy atom. The molecule has 0 unspecified atom stereocenters. The molecule has 0 aliphatic carbocycles. The van der Waals surface area contributed by atoms with Gasteiger partial charge < -0.3 is 9.64 Å². The Labute approximate surface area is 145 Å². The van der Waals surface area contributed by atoms with Gasteiger partial charge in [-0.2, -0.15) is 0 Å². The first-order valence-corrected chi connectivity index (χ1v) is 8.23. The highest BCUT2D eigenvalue weighted by Crippen LogP contribution is 2.13. The van der Waals surface area contributed by atoms with Crippen molar-refractivity contribution >= 4 is 5.91 Å². The largest absolute Gasteiger partial charge is 0.484 e. The van der Waals surface area contributed by atoms with Gasteiger partial charge in [0.1, 0.15) is 17.4 Å². The molecular formula is C19H20F2N2O2. The third kappa shape index (κ3) is 5.00. The third-order valence-corrected chi connectivity index (χ3v) is 4.20. The fraction of sp³-hybridized carbons (Fsp3) is 0.316. The molecule has 1 fully saturated rings. The summed E-state index contributed by atoms with van der Waals surface area (Å²) in [6.45, 7) is 3.31. The standard InChI is InChI=1S/C19H20F2N2O2/c20-16-4-6-18(7-5-16)25-14-19(24)23-10-8-22(9-11-23)13-15-2-1-3-17(21)12-15/h1-7,12H,8-11,13-14H2. The highest BCUT2D eigenvalue weighted by Gasteiger charge is 2.21. The lowest BCUT2D eigenvalue weighted by atomic mass is 10.2. The number of carbonyl (C=O) groups excluding carboxylic acids is 1. The van der Waals surface area contributed by atoms with E-state index in [-0.39, 0.29) is 24.1 Å². The van der Waals surface area contributed by atoms with Gasteiger partial charge in [-0.15, -0.1) is 0 Å². The van der Waals surface area contributed by atoms with Crippen LogP contribution in [0.2, 0.25) is 0 Å². The predicted molar refractivity (Wildman–Crippen MR) is 90.2 cm³/mol. The number of nitrogens with zero attached hydrogens (tertiary/aromatic N) is 2. The molecule has 1 aliphatic heterocycles. The SMILES string of the molecule is O=C(COc1ccc(F)cc1)N1CCN(Cc2cccc(F)c2)CC1. The lowest BCUT2D eigenvalue weighted by molar-refractivity contribution is -0.135. The first-order chi connectivity index (χ1) is 12.1. The zero-order valence-electron chi connectivity index (χ0n) is 13.8. The van der Waals surface area contributed by atoms with Gasteiger partial charge >= 0.3 is 0 Å². The molecular weight excluding hydrogens is 326 g/mol. The molecule has 4 nitrogen and oxygen atoms in total. The van der Waals surface area contributed by atoms with Crippen molar-refractivity contribution in [1.29, 1.82) is 0 Å². The average molecular weight is 346 g/mol.